The van der Waals surface area contributed by atoms with Gasteiger partial charge in [0.05, 0.1) is 11.8 Å². The number of rotatable bonds is 3. The summed E-state index contributed by atoms with van der Waals surface area (Å²) >= 11 is 0. The molecule has 1 heterocycles. The number of hydrogen-bond acceptors (Lipinski definition) is 3. The second kappa shape index (κ2) is 4.51. The smallest absolute Gasteiger partial charge is 0.179 e. The summed E-state index contributed by atoms with van der Waals surface area (Å²) in [5, 5.41) is 13.7. The topological polar surface area (TPSA) is 55.1 Å². The monoisotopic (exact) mass is 230 g/mol. The minimum absolute atomic E-state index is 0.0598. The molecule has 1 N–H and O–H groups in total. The number of ketones is 1. The average Bonchev–Trinajstić information content (AvgIpc) is 2.78. The van der Waals surface area contributed by atoms with Crippen molar-refractivity contribution in [3.8, 4) is 5.69 Å². The third-order valence-electron chi connectivity index (χ3n) is 2.57. The highest BCUT2D eigenvalue weighted by molar-refractivity contribution is 5.91. The van der Waals surface area contributed by atoms with Crippen molar-refractivity contribution < 1.29 is 9.90 Å². The van der Waals surface area contributed by atoms with Crippen molar-refractivity contribution in [1.29, 1.82) is 0 Å². The van der Waals surface area contributed by atoms with Gasteiger partial charge in [-0.25, -0.2) is 4.68 Å². The first-order valence-corrected chi connectivity index (χ1v) is 5.43. The molecule has 4 nitrogen and oxygen atoms in total. The summed E-state index contributed by atoms with van der Waals surface area (Å²) in [6.45, 7) is 3.20. The van der Waals surface area contributed by atoms with E-state index in [2.05, 4.69) is 5.10 Å². The Labute approximate surface area is 99.5 Å². The number of benzene rings is 1. The summed E-state index contributed by atoms with van der Waals surface area (Å²) in [5.41, 5.74) is 2.09. The molecule has 1 atom stereocenters. The number of carbonyl (C=O) groups is 1. The van der Waals surface area contributed by atoms with Crippen LogP contribution in [0.1, 0.15) is 36.0 Å². The predicted molar refractivity (Wildman–Crippen MR) is 64.2 cm³/mol. The normalized spacial score (nSPS) is 12.4. The van der Waals surface area contributed by atoms with Crippen LogP contribution in [0.3, 0.4) is 0 Å². The molecule has 88 valence electrons. The molecule has 0 fully saturated rings. The Bertz CT molecular complexity index is 544. The van der Waals surface area contributed by atoms with Gasteiger partial charge in [-0.15, -0.1) is 0 Å². The molecule has 2 aromatic rings. The van der Waals surface area contributed by atoms with Crippen LogP contribution in [0.4, 0.5) is 0 Å². The Morgan fingerprint density at radius 3 is 2.76 bits per heavy atom. The van der Waals surface area contributed by atoms with Gasteiger partial charge in [-0.2, -0.15) is 5.10 Å². The van der Waals surface area contributed by atoms with E-state index in [9.17, 15) is 9.90 Å². The van der Waals surface area contributed by atoms with E-state index in [-0.39, 0.29) is 5.78 Å². The van der Waals surface area contributed by atoms with Crippen molar-refractivity contribution in [3.05, 3.63) is 47.8 Å². The van der Waals surface area contributed by atoms with Gasteiger partial charge in [0.15, 0.2) is 5.78 Å². The summed E-state index contributed by atoms with van der Waals surface area (Å²) in [4.78, 5) is 11.1. The number of aromatic nitrogens is 2. The molecular formula is C13H14N2O2. The van der Waals surface area contributed by atoms with Crippen LogP contribution in [0.15, 0.2) is 36.5 Å². The fourth-order valence-corrected chi connectivity index (χ4v) is 1.58. The fraction of sp³-hybridized carbons (Fsp3) is 0.231. The zero-order valence-electron chi connectivity index (χ0n) is 9.79. The zero-order valence-corrected chi connectivity index (χ0v) is 9.79. The second-order valence-electron chi connectivity index (χ2n) is 3.97. The van der Waals surface area contributed by atoms with Crippen LogP contribution in [0.2, 0.25) is 0 Å². The molecular weight excluding hydrogens is 216 g/mol. The van der Waals surface area contributed by atoms with Crippen molar-refractivity contribution in [2.75, 3.05) is 0 Å². The highest BCUT2D eigenvalue weighted by Crippen LogP contribution is 2.16. The van der Waals surface area contributed by atoms with Crippen LogP contribution in [-0.2, 0) is 0 Å². The van der Waals surface area contributed by atoms with E-state index < -0.39 is 6.10 Å². The first kappa shape index (κ1) is 11.5. The van der Waals surface area contributed by atoms with Crippen molar-refractivity contribution in [2.45, 2.75) is 20.0 Å². The van der Waals surface area contributed by atoms with Gasteiger partial charge in [0.25, 0.3) is 0 Å². The maximum atomic E-state index is 11.1. The highest BCUT2D eigenvalue weighted by atomic mass is 16.3. The van der Waals surface area contributed by atoms with E-state index in [1.807, 2.05) is 24.3 Å². The van der Waals surface area contributed by atoms with Gasteiger partial charge in [-0.3, -0.25) is 4.79 Å². The van der Waals surface area contributed by atoms with Crippen LogP contribution in [0.25, 0.3) is 5.69 Å². The van der Waals surface area contributed by atoms with E-state index in [1.165, 1.54) is 6.92 Å². The highest BCUT2D eigenvalue weighted by Gasteiger charge is 2.06. The minimum Gasteiger partial charge on any atom is -0.389 e. The summed E-state index contributed by atoms with van der Waals surface area (Å²) < 4.78 is 1.63. The molecule has 0 saturated carbocycles. The molecule has 2 rings (SSSR count). The summed E-state index contributed by atoms with van der Waals surface area (Å²) in [7, 11) is 0. The van der Waals surface area contributed by atoms with E-state index in [0.29, 0.717) is 5.69 Å². The summed E-state index contributed by atoms with van der Waals surface area (Å²) in [6.07, 6.45) is 1.22. The lowest BCUT2D eigenvalue weighted by Gasteiger charge is -2.07. The largest absolute Gasteiger partial charge is 0.389 e. The molecule has 1 unspecified atom stereocenters. The fourth-order valence-electron chi connectivity index (χ4n) is 1.58. The van der Waals surface area contributed by atoms with E-state index in [1.54, 1.807) is 23.9 Å². The lowest BCUT2D eigenvalue weighted by atomic mass is 10.1. The lowest BCUT2D eigenvalue weighted by Crippen LogP contribution is -2.00. The predicted octanol–water partition coefficient (Wildman–Crippen LogP) is 2.13. The Hall–Kier alpha value is -1.94. The Kier molecular flexibility index (Phi) is 3.06. The second-order valence-corrected chi connectivity index (χ2v) is 3.97. The quantitative estimate of drug-likeness (QED) is 0.822. The third kappa shape index (κ3) is 2.42. The summed E-state index contributed by atoms with van der Waals surface area (Å²) in [5.74, 6) is -0.0598. The van der Waals surface area contributed by atoms with Crippen molar-refractivity contribution >= 4 is 5.78 Å². The van der Waals surface area contributed by atoms with Gasteiger partial charge in [-0.05, 0) is 30.7 Å². The van der Waals surface area contributed by atoms with Gasteiger partial charge in [0.1, 0.15) is 5.69 Å². The van der Waals surface area contributed by atoms with Crippen molar-refractivity contribution in [3.63, 3.8) is 0 Å². The maximum absolute atomic E-state index is 11.1. The van der Waals surface area contributed by atoms with E-state index in [4.69, 9.17) is 0 Å². The third-order valence-corrected chi connectivity index (χ3v) is 2.57. The number of hydrogen-bond donors (Lipinski definition) is 1. The molecule has 4 heteroatoms. The molecule has 1 aromatic carbocycles. The molecule has 1 aromatic heterocycles. The molecule has 0 bridgehead atoms. The first-order chi connectivity index (χ1) is 8.08. The SMILES string of the molecule is CC(=O)c1ccn(-c2cccc(C(C)O)c2)n1. The van der Waals surface area contributed by atoms with Gasteiger partial charge in [0.2, 0.25) is 0 Å². The Morgan fingerprint density at radius 2 is 2.18 bits per heavy atom. The first-order valence-electron chi connectivity index (χ1n) is 5.43. The van der Waals surface area contributed by atoms with Crippen LogP contribution in [0.5, 0.6) is 0 Å². The number of aliphatic hydroxyl groups is 1. The number of Topliss-reactive ketones (excluding diaryl/α,β-unsaturated/α-hetero) is 1. The van der Waals surface area contributed by atoms with Crippen LogP contribution < -0.4 is 0 Å². The van der Waals surface area contributed by atoms with Gasteiger partial charge in [-0.1, -0.05) is 12.1 Å². The number of nitrogens with zero attached hydrogens (tertiary/aromatic N) is 2. The molecule has 17 heavy (non-hydrogen) atoms. The lowest BCUT2D eigenvalue weighted by molar-refractivity contribution is 0.101. The number of carbonyl (C=O) groups excluding carboxylic acids is 1. The van der Waals surface area contributed by atoms with Crippen LogP contribution >= 0.6 is 0 Å². The molecule has 0 saturated heterocycles. The summed E-state index contributed by atoms with van der Waals surface area (Å²) in [6, 6.07) is 9.11. The maximum Gasteiger partial charge on any atom is 0.179 e. The molecule has 0 radical (unpaired) electrons. The average molecular weight is 230 g/mol. The molecule has 0 spiro atoms. The van der Waals surface area contributed by atoms with Crippen molar-refractivity contribution in [1.82, 2.24) is 9.78 Å². The molecule has 0 amide bonds. The molecule has 0 aliphatic carbocycles. The van der Waals surface area contributed by atoms with Crippen molar-refractivity contribution in [2.24, 2.45) is 0 Å². The van der Waals surface area contributed by atoms with Gasteiger partial charge < -0.3 is 5.11 Å². The molecule has 0 aliphatic rings. The van der Waals surface area contributed by atoms with Crippen LogP contribution in [-0.4, -0.2) is 20.7 Å². The number of aliphatic hydroxyl groups excluding tert-OH is 1. The standard InChI is InChI=1S/C13H14N2O2/c1-9(16)11-4-3-5-12(8-11)15-7-6-13(14-15)10(2)17/h3-9,16H,1-2H3. The minimum atomic E-state index is -0.516. The van der Waals surface area contributed by atoms with Crippen LogP contribution in [0, 0.1) is 0 Å². The Balaban J connectivity index is 2.38. The van der Waals surface area contributed by atoms with E-state index >= 15 is 0 Å². The zero-order chi connectivity index (χ0) is 12.4. The Morgan fingerprint density at radius 1 is 1.41 bits per heavy atom. The molecule has 0 aliphatic heterocycles. The van der Waals surface area contributed by atoms with E-state index in [0.717, 1.165) is 11.3 Å². The van der Waals surface area contributed by atoms with Gasteiger partial charge >= 0.3 is 0 Å². The van der Waals surface area contributed by atoms with Gasteiger partial charge in [0, 0.05) is 13.1 Å².